The van der Waals surface area contributed by atoms with Gasteiger partial charge < -0.3 is 20.8 Å². The maximum absolute atomic E-state index is 12.5. The minimum atomic E-state index is -1.94. The first-order valence-electron chi connectivity index (χ1n) is 8.95. The van der Waals surface area contributed by atoms with E-state index in [4.69, 9.17) is 10.2 Å². The van der Waals surface area contributed by atoms with Crippen LogP contribution in [-0.2, 0) is 14.0 Å². The van der Waals surface area contributed by atoms with Crippen LogP contribution in [0.25, 0.3) is 0 Å². The monoisotopic (exact) mass is 393 g/mol. The molecule has 0 fully saturated rings. The Morgan fingerprint density at radius 1 is 1.22 bits per heavy atom. The first-order valence-corrected chi connectivity index (χ1v) is 11.9. The van der Waals surface area contributed by atoms with E-state index in [2.05, 4.69) is 44.5 Å². The van der Waals surface area contributed by atoms with Crippen molar-refractivity contribution in [3.63, 3.8) is 0 Å². The van der Waals surface area contributed by atoms with Crippen molar-refractivity contribution in [3.8, 4) is 0 Å². The first-order chi connectivity index (χ1) is 12.3. The number of carbonyl (C=O) groups excluding carboxylic acids is 3. The molecule has 4 N–H and O–H groups in total. The van der Waals surface area contributed by atoms with Crippen molar-refractivity contribution in [3.05, 3.63) is 29.8 Å². The number of rotatable bonds is 8. The van der Waals surface area contributed by atoms with Gasteiger partial charge in [-0.1, -0.05) is 26.8 Å². The Labute approximate surface area is 162 Å². The Morgan fingerprint density at radius 3 is 2.37 bits per heavy atom. The van der Waals surface area contributed by atoms with Crippen molar-refractivity contribution in [2.75, 3.05) is 11.9 Å². The molecule has 27 heavy (non-hydrogen) atoms. The Morgan fingerprint density at radius 2 is 1.85 bits per heavy atom. The zero-order chi connectivity index (χ0) is 20.8. The van der Waals surface area contributed by atoms with E-state index in [-0.39, 0.29) is 10.9 Å². The van der Waals surface area contributed by atoms with Gasteiger partial charge in [0.15, 0.2) is 8.32 Å². The minimum Gasteiger partial charge on any atom is -0.417 e. The molecule has 1 rings (SSSR count). The number of carbonyl (C=O) groups is 3. The van der Waals surface area contributed by atoms with Gasteiger partial charge in [0.25, 0.3) is 5.91 Å². The van der Waals surface area contributed by atoms with Crippen LogP contribution in [-0.4, -0.2) is 38.7 Å². The molecule has 3 amide bonds. The van der Waals surface area contributed by atoms with Crippen LogP contribution in [0.5, 0.6) is 0 Å². The highest BCUT2D eigenvalue weighted by Gasteiger charge is 2.37. The maximum atomic E-state index is 12.5. The molecule has 0 aliphatic rings. The molecule has 1 aromatic rings. The molecule has 0 radical (unpaired) electrons. The second-order valence-corrected chi connectivity index (χ2v) is 12.9. The lowest BCUT2D eigenvalue weighted by Gasteiger charge is -2.36. The summed E-state index contributed by atoms with van der Waals surface area (Å²) in [5.41, 5.74) is 6.28. The smallest absolute Gasteiger partial charge is 0.252 e. The molecule has 8 heteroatoms. The van der Waals surface area contributed by atoms with Crippen molar-refractivity contribution in [1.29, 1.82) is 0 Å². The van der Waals surface area contributed by atoms with Crippen LogP contribution in [0.3, 0.4) is 0 Å². The summed E-state index contributed by atoms with van der Waals surface area (Å²) in [4.78, 5) is 35.3. The third kappa shape index (κ3) is 7.14. The van der Waals surface area contributed by atoms with E-state index in [1.54, 1.807) is 24.3 Å². The maximum Gasteiger partial charge on any atom is 0.252 e. The van der Waals surface area contributed by atoms with Crippen LogP contribution < -0.4 is 16.4 Å². The van der Waals surface area contributed by atoms with Crippen molar-refractivity contribution < 1.29 is 18.8 Å². The van der Waals surface area contributed by atoms with E-state index in [1.807, 2.05) is 0 Å². The fourth-order valence-corrected chi connectivity index (χ4v) is 3.18. The van der Waals surface area contributed by atoms with E-state index in [0.717, 1.165) is 0 Å². The number of primary amides is 1. The fraction of sp³-hybridized carbons (Fsp3) is 0.526. The van der Waals surface area contributed by atoms with E-state index < -0.39 is 26.2 Å². The van der Waals surface area contributed by atoms with Crippen LogP contribution in [0.2, 0.25) is 18.1 Å². The Kier molecular flexibility index (Phi) is 7.73. The lowest BCUT2D eigenvalue weighted by Crippen LogP contribution is -2.47. The van der Waals surface area contributed by atoms with E-state index in [1.165, 1.54) is 6.92 Å². The van der Waals surface area contributed by atoms with Crippen molar-refractivity contribution >= 4 is 31.7 Å². The summed E-state index contributed by atoms with van der Waals surface area (Å²) < 4.78 is 6.06. The summed E-state index contributed by atoms with van der Waals surface area (Å²) in [5.74, 6) is -1.27. The molecule has 0 bridgehead atoms. The van der Waals surface area contributed by atoms with Crippen LogP contribution in [0.1, 0.15) is 44.5 Å². The number of anilines is 1. The van der Waals surface area contributed by atoms with Gasteiger partial charge in [-0.3, -0.25) is 14.4 Å². The Bertz CT molecular complexity index is 698. The largest absolute Gasteiger partial charge is 0.417 e. The molecule has 0 aliphatic heterocycles. The van der Waals surface area contributed by atoms with Gasteiger partial charge in [0, 0.05) is 24.8 Å². The topological polar surface area (TPSA) is 111 Å². The lowest BCUT2D eigenvalue weighted by molar-refractivity contribution is -0.120. The molecular weight excluding hydrogens is 362 g/mol. The Hall–Kier alpha value is -2.19. The third-order valence-electron chi connectivity index (χ3n) is 4.77. The van der Waals surface area contributed by atoms with E-state index >= 15 is 0 Å². The summed E-state index contributed by atoms with van der Waals surface area (Å²) in [7, 11) is -1.94. The highest BCUT2D eigenvalue weighted by atomic mass is 28.4. The van der Waals surface area contributed by atoms with Crippen molar-refractivity contribution in [2.24, 2.45) is 5.73 Å². The van der Waals surface area contributed by atoms with Crippen molar-refractivity contribution in [2.45, 2.75) is 58.3 Å². The van der Waals surface area contributed by atoms with Gasteiger partial charge in [0.2, 0.25) is 11.8 Å². The number of amides is 3. The van der Waals surface area contributed by atoms with Crippen molar-refractivity contribution in [1.82, 2.24) is 5.32 Å². The molecule has 0 aliphatic carbocycles. The van der Waals surface area contributed by atoms with Gasteiger partial charge >= 0.3 is 0 Å². The minimum absolute atomic E-state index is 0.0582. The molecule has 0 saturated heterocycles. The number of hydrogen-bond acceptors (Lipinski definition) is 4. The summed E-state index contributed by atoms with van der Waals surface area (Å²) >= 11 is 0. The lowest BCUT2D eigenvalue weighted by atomic mass is 10.1. The molecule has 0 unspecified atom stereocenters. The third-order valence-corrected chi connectivity index (χ3v) is 9.31. The van der Waals surface area contributed by atoms with Gasteiger partial charge in [-0.2, -0.15) is 0 Å². The molecule has 150 valence electrons. The summed E-state index contributed by atoms with van der Waals surface area (Å²) in [6.45, 7) is 12.4. The quantitative estimate of drug-likeness (QED) is 0.590. The number of benzene rings is 1. The number of nitrogens with one attached hydrogen (secondary N) is 2. The second-order valence-electron chi connectivity index (χ2n) is 8.09. The summed E-state index contributed by atoms with van der Waals surface area (Å²) in [6.07, 6.45) is 0.305. The molecule has 0 heterocycles. The molecule has 7 nitrogen and oxygen atoms in total. The number of nitrogens with two attached hydrogens (primary N) is 1. The zero-order valence-electron chi connectivity index (χ0n) is 17.0. The molecule has 1 atom stereocenters. The van der Waals surface area contributed by atoms with Gasteiger partial charge in [-0.15, -0.1) is 0 Å². The molecular formula is C19H31N3O4Si. The zero-order valence-corrected chi connectivity index (χ0v) is 18.0. The average molecular weight is 394 g/mol. The van der Waals surface area contributed by atoms with Crippen LogP contribution in [0, 0.1) is 0 Å². The number of hydrogen-bond donors (Lipinski definition) is 3. The standard InChI is InChI=1S/C19H31N3O4Si/c1-13(23)21-15-9-7-8-14(12-15)18(25)22-16(17(20)24)10-11-26-27(5,6)19(2,3)4/h7-9,12,16H,10-11H2,1-6H3,(H2,20,24)(H,21,23)(H,22,25)/t16-/m1/s1. The van der Waals surface area contributed by atoms with E-state index in [0.29, 0.717) is 24.3 Å². The predicted molar refractivity (Wildman–Crippen MR) is 109 cm³/mol. The van der Waals surface area contributed by atoms with Gasteiger partial charge in [-0.05, 0) is 42.8 Å². The van der Waals surface area contributed by atoms with Gasteiger partial charge in [-0.25, -0.2) is 0 Å². The predicted octanol–water partition coefficient (Wildman–Crippen LogP) is 2.64. The summed E-state index contributed by atoms with van der Waals surface area (Å²) in [6, 6.07) is 5.65. The molecule has 0 spiro atoms. The second kappa shape index (κ2) is 9.14. The van der Waals surface area contributed by atoms with Gasteiger partial charge in [0.05, 0.1) is 0 Å². The van der Waals surface area contributed by atoms with Gasteiger partial charge in [0.1, 0.15) is 6.04 Å². The molecule has 0 saturated carbocycles. The first kappa shape index (κ1) is 22.8. The van der Waals surface area contributed by atoms with Crippen LogP contribution in [0.15, 0.2) is 24.3 Å². The Balaban J connectivity index is 2.73. The fourth-order valence-electron chi connectivity index (χ4n) is 2.12. The van der Waals surface area contributed by atoms with Crippen LogP contribution >= 0.6 is 0 Å². The SMILES string of the molecule is CC(=O)Nc1cccc(C(=O)N[C@H](CCO[Si](C)(C)C(C)(C)C)C(N)=O)c1. The highest BCUT2D eigenvalue weighted by molar-refractivity contribution is 6.74. The van der Waals surface area contributed by atoms with E-state index in [9.17, 15) is 14.4 Å². The molecule has 0 aromatic heterocycles. The summed E-state index contributed by atoms with van der Waals surface area (Å²) in [5, 5.41) is 5.32. The normalized spacial score (nSPS) is 13.0. The highest BCUT2D eigenvalue weighted by Crippen LogP contribution is 2.36. The average Bonchev–Trinajstić information content (AvgIpc) is 2.52. The van der Waals surface area contributed by atoms with Crippen LogP contribution in [0.4, 0.5) is 5.69 Å². The molecule has 1 aromatic carbocycles.